The highest BCUT2D eigenvalue weighted by molar-refractivity contribution is 7.51. The number of hydrogen-bond acceptors (Lipinski definition) is 4. The molecule has 0 saturated heterocycles. The van der Waals surface area contributed by atoms with Gasteiger partial charge < -0.3 is 18.7 Å². The summed E-state index contributed by atoms with van der Waals surface area (Å²) in [5, 5.41) is 0. The zero-order chi connectivity index (χ0) is 13.0. The zero-order valence-electron chi connectivity index (χ0n) is 10.9. The van der Waals surface area contributed by atoms with E-state index in [4.69, 9.17) is 4.74 Å². The topological polar surface area (TPSA) is 58.6 Å². The largest absolute Gasteiger partial charge is 0.779 e. The van der Waals surface area contributed by atoms with Gasteiger partial charge in [0.25, 0.3) is 0 Å². The minimum atomic E-state index is -3.55. The molecule has 0 aromatic rings. The Labute approximate surface area is 105 Å². The lowest BCUT2D eigenvalue weighted by atomic mass is 10.3. The highest BCUT2D eigenvalue weighted by Crippen LogP contribution is 2.36. The first-order valence-corrected chi connectivity index (χ1v) is 7.93. The van der Waals surface area contributed by atoms with Crippen molar-refractivity contribution >= 4 is 7.60 Å². The number of unbranched alkanes of at least 4 members (excludes halogenated alkanes) is 2. The second-order valence-corrected chi connectivity index (χ2v) is 5.89. The predicted octanol–water partition coefficient (Wildman–Crippen LogP) is 2.73. The Morgan fingerprint density at radius 1 is 1.18 bits per heavy atom. The van der Waals surface area contributed by atoms with Crippen molar-refractivity contribution < 1.29 is 18.7 Å². The lowest BCUT2D eigenvalue weighted by Crippen LogP contribution is -2.06. The Morgan fingerprint density at radius 2 is 1.94 bits per heavy atom. The van der Waals surface area contributed by atoms with E-state index >= 15 is 0 Å². The Balaban J connectivity index is 3.19. The van der Waals surface area contributed by atoms with Gasteiger partial charge in [-0.3, -0.25) is 0 Å². The predicted molar refractivity (Wildman–Crippen MR) is 68.2 cm³/mol. The van der Waals surface area contributed by atoms with Crippen LogP contribution < -0.4 is 4.89 Å². The van der Waals surface area contributed by atoms with Crippen LogP contribution in [0.2, 0.25) is 0 Å². The molecule has 4 nitrogen and oxygen atoms in total. The van der Waals surface area contributed by atoms with Gasteiger partial charge in [0.1, 0.15) is 7.60 Å². The molecule has 0 rings (SSSR count). The first kappa shape index (κ1) is 16.9. The SMILES string of the molecule is CCC=CCCOCCCCCP(=O)([O-])OC. The van der Waals surface area contributed by atoms with Gasteiger partial charge in [-0.15, -0.1) is 0 Å². The molecule has 0 bridgehead atoms. The molecule has 17 heavy (non-hydrogen) atoms. The molecular formula is C12H24O4P-. The van der Waals surface area contributed by atoms with Crippen LogP contribution in [0.15, 0.2) is 12.2 Å². The standard InChI is InChI=1S/C12H25O4P/c1-3-4-5-7-10-16-11-8-6-9-12-17(13,14)15-2/h4-5H,3,6-12H2,1-2H3,(H,13,14)/p-1. The molecule has 0 radical (unpaired) electrons. The zero-order valence-corrected chi connectivity index (χ0v) is 11.8. The maximum atomic E-state index is 11.0. The summed E-state index contributed by atoms with van der Waals surface area (Å²) in [5.74, 6) is 0. The summed E-state index contributed by atoms with van der Waals surface area (Å²) in [6.45, 7) is 3.55. The Kier molecular flexibility index (Phi) is 10.9. The number of rotatable bonds is 11. The van der Waals surface area contributed by atoms with Crippen molar-refractivity contribution in [2.24, 2.45) is 0 Å². The smallest absolute Gasteiger partial charge is 0.134 e. The van der Waals surface area contributed by atoms with Crippen LogP contribution in [0.1, 0.15) is 39.0 Å². The highest BCUT2D eigenvalue weighted by Gasteiger charge is 2.04. The number of allylic oxidation sites excluding steroid dienone is 1. The Morgan fingerprint density at radius 3 is 2.59 bits per heavy atom. The van der Waals surface area contributed by atoms with Crippen LogP contribution in [0, 0.1) is 0 Å². The second-order valence-electron chi connectivity index (χ2n) is 3.86. The van der Waals surface area contributed by atoms with E-state index in [9.17, 15) is 9.46 Å². The van der Waals surface area contributed by atoms with Crippen molar-refractivity contribution in [2.75, 3.05) is 26.5 Å². The molecule has 0 aromatic heterocycles. The van der Waals surface area contributed by atoms with Gasteiger partial charge in [-0.2, -0.15) is 0 Å². The summed E-state index contributed by atoms with van der Waals surface area (Å²) in [5.41, 5.74) is 0. The van der Waals surface area contributed by atoms with Crippen LogP contribution in [-0.2, 0) is 13.8 Å². The van der Waals surface area contributed by atoms with Crippen LogP contribution in [0.25, 0.3) is 0 Å². The average Bonchev–Trinajstić information content (AvgIpc) is 2.31. The van der Waals surface area contributed by atoms with Crippen LogP contribution in [0.5, 0.6) is 0 Å². The Hall–Kier alpha value is -0.150. The van der Waals surface area contributed by atoms with Gasteiger partial charge in [0.05, 0.1) is 6.61 Å². The van der Waals surface area contributed by atoms with Crippen molar-refractivity contribution in [1.29, 1.82) is 0 Å². The fourth-order valence-electron chi connectivity index (χ4n) is 1.32. The third-order valence-electron chi connectivity index (χ3n) is 2.33. The van der Waals surface area contributed by atoms with Gasteiger partial charge in [0.15, 0.2) is 0 Å². The summed E-state index contributed by atoms with van der Waals surface area (Å²) in [7, 11) is -2.34. The summed E-state index contributed by atoms with van der Waals surface area (Å²) in [6.07, 6.45) is 8.80. The molecule has 5 heteroatoms. The summed E-state index contributed by atoms with van der Waals surface area (Å²) >= 11 is 0. The molecule has 1 unspecified atom stereocenters. The third kappa shape index (κ3) is 12.1. The van der Waals surface area contributed by atoms with E-state index in [0.717, 1.165) is 32.3 Å². The molecule has 0 N–H and O–H groups in total. The highest BCUT2D eigenvalue weighted by atomic mass is 31.2. The molecule has 0 aliphatic heterocycles. The lowest BCUT2D eigenvalue weighted by Gasteiger charge is -2.20. The molecule has 0 aliphatic rings. The van der Waals surface area contributed by atoms with E-state index in [2.05, 4.69) is 23.6 Å². The molecule has 1 atom stereocenters. The maximum absolute atomic E-state index is 11.0. The summed E-state index contributed by atoms with van der Waals surface area (Å²) < 4.78 is 20.8. The van der Waals surface area contributed by atoms with Gasteiger partial charge in [-0.25, -0.2) is 0 Å². The minimum Gasteiger partial charge on any atom is -0.779 e. The number of hydrogen-bond donors (Lipinski definition) is 0. The molecule has 102 valence electrons. The van der Waals surface area contributed by atoms with Crippen molar-refractivity contribution in [1.82, 2.24) is 0 Å². The van der Waals surface area contributed by atoms with Crippen molar-refractivity contribution in [2.45, 2.75) is 39.0 Å². The van der Waals surface area contributed by atoms with Gasteiger partial charge in [0, 0.05) is 19.9 Å². The molecule has 0 aromatic carbocycles. The molecule has 0 saturated carbocycles. The Bertz CT molecular complexity index is 241. The van der Waals surface area contributed by atoms with Crippen molar-refractivity contribution in [3.63, 3.8) is 0 Å². The molecule has 0 aliphatic carbocycles. The fraction of sp³-hybridized carbons (Fsp3) is 0.833. The van der Waals surface area contributed by atoms with Crippen molar-refractivity contribution in [3.05, 3.63) is 12.2 Å². The first-order chi connectivity index (χ1) is 8.12. The van der Waals surface area contributed by atoms with Gasteiger partial charge in [-0.05, 0) is 25.7 Å². The lowest BCUT2D eigenvalue weighted by molar-refractivity contribution is -0.196. The molecule has 0 amide bonds. The van der Waals surface area contributed by atoms with E-state index in [-0.39, 0.29) is 6.16 Å². The monoisotopic (exact) mass is 263 g/mol. The van der Waals surface area contributed by atoms with E-state index in [1.807, 2.05) is 0 Å². The van der Waals surface area contributed by atoms with Crippen molar-refractivity contribution in [3.8, 4) is 0 Å². The molecule has 0 spiro atoms. The normalized spacial score (nSPS) is 15.2. The summed E-state index contributed by atoms with van der Waals surface area (Å²) in [4.78, 5) is 11.0. The average molecular weight is 263 g/mol. The van der Waals surface area contributed by atoms with Crippen LogP contribution in [0.4, 0.5) is 0 Å². The van der Waals surface area contributed by atoms with Gasteiger partial charge in [-0.1, -0.05) is 25.5 Å². The van der Waals surface area contributed by atoms with Crippen LogP contribution >= 0.6 is 7.60 Å². The van der Waals surface area contributed by atoms with Crippen LogP contribution in [-0.4, -0.2) is 26.5 Å². The summed E-state index contributed by atoms with van der Waals surface area (Å²) in [6, 6.07) is 0. The third-order valence-corrected chi connectivity index (χ3v) is 3.75. The second kappa shape index (κ2) is 11.0. The van der Waals surface area contributed by atoms with Gasteiger partial charge in [0.2, 0.25) is 0 Å². The molecular weight excluding hydrogens is 239 g/mol. The molecule has 0 heterocycles. The maximum Gasteiger partial charge on any atom is 0.134 e. The van der Waals surface area contributed by atoms with E-state index in [1.54, 1.807) is 0 Å². The van der Waals surface area contributed by atoms with E-state index < -0.39 is 7.60 Å². The van der Waals surface area contributed by atoms with Crippen LogP contribution in [0.3, 0.4) is 0 Å². The first-order valence-electron chi connectivity index (χ1n) is 6.21. The molecule has 0 fully saturated rings. The van der Waals surface area contributed by atoms with E-state index in [1.165, 1.54) is 7.11 Å². The quantitative estimate of drug-likeness (QED) is 0.327. The fourth-order valence-corrected chi connectivity index (χ4v) is 2.11. The number of ether oxygens (including phenoxy) is 1. The van der Waals surface area contributed by atoms with E-state index in [0.29, 0.717) is 13.0 Å². The minimum absolute atomic E-state index is 0.128. The van der Waals surface area contributed by atoms with Gasteiger partial charge >= 0.3 is 0 Å².